The number of carbonyl (C=O) groups is 1. The smallest absolute Gasteiger partial charge is 0.268 e. The van der Waals surface area contributed by atoms with Gasteiger partial charge in [-0.2, -0.15) is 0 Å². The van der Waals surface area contributed by atoms with Gasteiger partial charge in [-0.3, -0.25) is 9.36 Å². The van der Waals surface area contributed by atoms with Gasteiger partial charge in [-0.1, -0.05) is 399 Å². The van der Waals surface area contributed by atoms with E-state index in [0.717, 1.165) is 38.5 Å². The standard InChI is InChI=1S/C74H151N2O6P/c1-6-8-10-12-14-16-18-20-22-24-26-28-30-32-33-34-35-36-37-38-39-40-41-42-44-46-48-50-52-54-56-58-60-62-64-66-68-74(78)75-72(71-82-83(79,80)81-70-69-76(3,4)5)73(77)67-65-63-61-59-57-55-53-51-49-47-45-43-31-29-27-25-23-21-19-17-15-13-11-9-7-2/h72-73,77H,6-71H2,1-5H3,(H-,75,78,79,80). The highest BCUT2D eigenvalue weighted by Crippen LogP contribution is 2.38. The molecule has 83 heavy (non-hydrogen) atoms. The number of unbranched alkanes of at least 4 members (excludes halogenated alkanes) is 59. The number of rotatable bonds is 72. The lowest BCUT2D eigenvalue weighted by Gasteiger charge is -2.30. The first-order valence-corrected chi connectivity index (χ1v) is 39.3. The van der Waals surface area contributed by atoms with Gasteiger partial charge in [0.05, 0.1) is 39.9 Å². The van der Waals surface area contributed by atoms with E-state index < -0.39 is 20.0 Å². The average Bonchev–Trinajstić information content (AvgIpc) is 3.49. The van der Waals surface area contributed by atoms with E-state index >= 15 is 0 Å². The van der Waals surface area contributed by atoms with Crippen LogP contribution in [0.4, 0.5) is 0 Å². The highest BCUT2D eigenvalue weighted by Gasteiger charge is 2.24. The monoisotopic (exact) mass is 1200 g/mol. The van der Waals surface area contributed by atoms with Crippen molar-refractivity contribution in [3.8, 4) is 0 Å². The van der Waals surface area contributed by atoms with Crippen LogP contribution in [0.2, 0.25) is 0 Å². The minimum atomic E-state index is -4.58. The zero-order valence-electron chi connectivity index (χ0n) is 57.2. The van der Waals surface area contributed by atoms with Crippen LogP contribution in [0.3, 0.4) is 0 Å². The fraction of sp³-hybridized carbons (Fsp3) is 0.986. The van der Waals surface area contributed by atoms with Crippen LogP contribution < -0.4 is 10.2 Å². The molecule has 0 aromatic rings. The first kappa shape index (κ1) is 82.5. The van der Waals surface area contributed by atoms with Gasteiger partial charge in [0.1, 0.15) is 13.2 Å². The van der Waals surface area contributed by atoms with Crippen molar-refractivity contribution >= 4 is 13.7 Å². The molecule has 8 nitrogen and oxygen atoms in total. The number of aliphatic hydroxyl groups is 1. The van der Waals surface area contributed by atoms with E-state index in [1.54, 1.807) is 0 Å². The Balaban J connectivity index is 3.90. The molecule has 0 aromatic heterocycles. The molecule has 0 aliphatic heterocycles. The Bertz CT molecular complexity index is 1310. The van der Waals surface area contributed by atoms with Crippen molar-refractivity contribution in [2.24, 2.45) is 0 Å². The van der Waals surface area contributed by atoms with Gasteiger partial charge in [-0.15, -0.1) is 0 Å². The Morgan fingerprint density at radius 2 is 0.590 bits per heavy atom. The van der Waals surface area contributed by atoms with Crippen LogP contribution >= 0.6 is 7.82 Å². The van der Waals surface area contributed by atoms with Crippen molar-refractivity contribution in [1.29, 1.82) is 0 Å². The summed E-state index contributed by atoms with van der Waals surface area (Å²) in [5, 5.41) is 14.1. The maximum Gasteiger partial charge on any atom is 0.268 e. The summed E-state index contributed by atoms with van der Waals surface area (Å²) in [6, 6.07) is -0.797. The van der Waals surface area contributed by atoms with Crippen molar-refractivity contribution < 1.29 is 32.9 Å². The van der Waals surface area contributed by atoms with Gasteiger partial charge in [0.25, 0.3) is 7.82 Å². The van der Waals surface area contributed by atoms with E-state index in [0.29, 0.717) is 23.9 Å². The Kier molecular flexibility index (Phi) is 65.5. The SMILES string of the molecule is CCCCCCCCCCCCCCCCCCCCCCCCCCCCCCCCCCCCCCC(=O)NC(COP(=O)([O-])OCC[N+](C)(C)C)C(O)CCCCCCCCCCCCCCCCCCCCCCCCCCC. The van der Waals surface area contributed by atoms with Crippen molar-refractivity contribution in [3.63, 3.8) is 0 Å². The van der Waals surface area contributed by atoms with Crippen molar-refractivity contribution in [3.05, 3.63) is 0 Å². The highest BCUT2D eigenvalue weighted by atomic mass is 31.2. The predicted molar refractivity (Wildman–Crippen MR) is 363 cm³/mol. The number of nitrogens with one attached hydrogen (secondary N) is 1. The van der Waals surface area contributed by atoms with Crippen LogP contribution in [0.1, 0.15) is 418 Å². The molecular weight excluding hydrogens is 1040 g/mol. The first-order chi connectivity index (χ1) is 40.5. The highest BCUT2D eigenvalue weighted by molar-refractivity contribution is 7.45. The molecule has 0 heterocycles. The third-order valence-electron chi connectivity index (χ3n) is 18.1. The van der Waals surface area contributed by atoms with Gasteiger partial charge >= 0.3 is 0 Å². The third-order valence-corrected chi connectivity index (χ3v) is 19.1. The van der Waals surface area contributed by atoms with Crippen LogP contribution in [0, 0.1) is 0 Å². The Morgan fingerprint density at radius 1 is 0.373 bits per heavy atom. The summed E-state index contributed by atoms with van der Waals surface area (Å²) in [4.78, 5) is 25.7. The third kappa shape index (κ3) is 68.8. The molecule has 0 bridgehead atoms. The maximum absolute atomic E-state index is 13.1. The molecule has 3 unspecified atom stereocenters. The molecule has 0 aliphatic rings. The number of aliphatic hydroxyl groups excluding tert-OH is 1. The second kappa shape index (κ2) is 65.9. The number of carbonyl (C=O) groups excluding carboxylic acids is 1. The van der Waals surface area contributed by atoms with Crippen LogP contribution in [0.15, 0.2) is 0 Å². The Hall–Kier alpha value is -0.500. The quantitative estimate of drug-likeness (QED) is 0.0357. The molecule has 0 saturated carbocycles. The molecule has 0 rings (SSSR count). The lowest BCUT2D eigenvalue weighted by atomic mass is 10.0. The molecule has 0 saturated heterocycles. The molecule has 0 aliphatic carbocycles. The summed E-state index contributed by atoms with van der Waals surface area (Å²) in [6.07, 6.45) is 83.6. The van der Waals surface area contributed by atoms with Crippen molar-refractivity contribution in [2.75, 3.05) is 40.9 Å². The summed E-state index contributed by atoms with van der Waals surface area (Å²) in [5.74, 6) is -0.152. The lowest BCUT2D eigenvalue weighted by molar-refractivity contribution is -0.870. The maximum atomic E-state index is 13.1. The molecule has 2 N–H and O–H groups in total. The van der Waals surface area contributed by atoms with Crippen LogP contribution in [0.25, 0.3) is 0 Å². The van der Waals surface area contributed by atoms with Crippen LogP contribution in [-0.2, 0) is 18.4 Å². The number of hydrogen-bond donors (Lipinski definition) is 2. The van der Waals surface area contributed by atoms with Gasteiger partial charge in [0, 0.05) is 6.42 Å². The fourth-order valence-corrected chi connectivity index (χ4v) is 12.9. The van der Waals surface area contributed by atoms with E-state index in [9.17, 15) is 19.4 Å². The van der Waals surface area contributed by atoms with Crippen molar-refractivity contribution in [2.45, 2.75) is 431 Å². The van der Waals surface area contributed by atoms with Gasteiger partial charge in [0.2, 0.25) is 5.91 Å². The van der Waals surface area contributed by atoms with Crippen molar-refractivity contribution in [1.82, 2.24) is 5.32 Å². The topological polar surface area (TPSA) is 108 Å². The first-order valence-electron chi connectivity index (χ1n) is 37.9. The number of nitrogens with zero attached hydrogens (tertiary/aromatic N) is 1. The number of quaternary nitrogens is 1. The van der Waals surface area contributed by atoms with E-state index in [-0.39, 0.29) is 19.1 Å². The van der Waals surface area contributed by atoms with E-state index in [4.69, 9.17) is 9.05 Å². The number of hydrogen-bond acceptors (Lipinski definition) is 6. The molecule has 0 spiro atoms. The molecule has 498 valence electrons. The zero-order chi connectivity index (χ0) is 60.5. The van der Waals surface area contributed by atoms with E-state index in [1.165, 1.54) is 353 Å². The van der Waals surface area contributed by atoms with E-state index in [2.05, 4.69) is 19.2 Å². The average molecular weight is 1200 g/mol. The van der Waals surface area contributed by atoms with Crippen LogP contribution in [-0.4, -0.2) is 68.5 Å². The fourth-order valence-electron chi connectivity index (χ4n) is 12.2. The Morgan fingerprint density at radius 3 is 0.819 bits per heavy atom. The molecule has 0 fully saturated rings. The molecule has 1 amide bonds. The summed E-state index contributed by atoms with van der Waals surface area (Å²) < 4.78 is 23.6. The zero-order valence-corrected chi connectivity index (χ0v) is 58.1. The number of likely N-dealkylation sites (N-methyl/N-ethyl adjacent to an activating group) is 1. The van der Waals surface area contributed by atoms with Gasteiger partial charge in [0.15, 0.2) is 0 Å². The molecule has 0 radical (unpaired) electrons. The number of amides is 1. The second-order valence-corrected chi connectivity index (χ2v) is 29.1. The summed E-state index contributed by atoms with van der Waals surface area (Å²) in [7, 11) is 1.33. The number of phosphoric ester groups is 1. The predicted octanol–water partition coefficient (Wildman–Crippen LogP) is 23.7. The van der Waals surface area contributed by atoms with E-state index in [1.807, 2.05) is 21.1 Å². The summed E-state index contributed by atoms with van der Waals surface area (Å²) in [5.41, 5.74) is 0. The largest absolute Gasteiger partial charge is 0.756 e. The minimum absolute atomic E-state index is 0.0170. The van der Waals surface area contributed by atoms with Crippen LogP contribution in [0.5, 0.6) is 0 Å². The molecule has 3 atom stereocenters. The molecule has 9 heteroatoms. The number of phosphoric acid groups is 1. The van der Waals surface area contributed by atoms with Gasteiger partial charge in [-0.05, 0) is 12.8 Å². The molecule has 0 aromatic carbocycles. The summed E-state index contributed by atoms with van der Waals surface area (Å²) >= 11 is 0. The van der Waals surface area contributed by atoms with Gasteiger partial charge in [-0.25, -0.2) is 0 Å². The summed E-state index contributed by atoms with van der Waals surface area (Å²) in [6.45, 7) is 4.81. The van der Waals surface area contributed by atoms with Gasteiger partial charge < -0.3 is 28.8 Å². The lowest BCUT2D eigenvalue weighted by Crippen LogP contribution is -2.46. The second-order valence-electron chi connectivity index (χ2n) is 27.7. The normalized spacial score (nSPS) is 13.5. The minimum Gasteiger partial charge on any atom is -0.756 e. The Labute approximate surface area is 520 Å². The molecular formula is C74H151N2O6P.